The monoisotopic (exact) mass is 290 g/mol. The lowest BCUT2D eigenvalue weighted by atomic mass is 10.2. The topological polar surface area (TPSA) is 76.8 Å². The first-order valence-electron chi connectivity index (χ1n) is 6.89. The van der Waals surface area contributed by atoms with E-state index in [0.29, 0.717) is 24.2 Å². The van der Waals surface area contributed by atoms with Gasteiger partial charge in [0, 0.05) is 18.9 Å². The number of hydrogen-bond acceptors (Lipinski definition) is 5. The number of aromatic nitrogens is 3. The van der Waals surface area contributed by atoms with Crippen LogP contribution in [-0.2, 0) is 9.53 Å². The van der Waals surface area contributed by atoms with Gasteiger partial charge in [-0.3, -0.25) is 14.6 Å². The van der Waals surface area contributed by atoms with E-state index in [4.69, 9.17) is 4.74 Å². The van der Waals surface area contributed by atoms with Gasteiger partial charge in [0.1, 0.15) is 6.54 Å². The molecule has 0 saturated carbocycles. The Bertz CT molecular complexity index is 638. The van der Waals surface area contributed by atoms with Crippen molar-refractivity contribution in [1.29, 1.82) is 0 Å². The van der Waals surface area contributed by atoms with Crippen molar-refractivity contribution in [2.45, 2.75) is 20.3 Å². The first-order valence-corrected chi connectivity index (χ1v) is 6.89. The fourth-order valence-electron chi connectivity index (χ4n) is 2.05. The lowest BCUT2D eigenvalue weighted by Gasteiger charge is -2.20. The lowest BCUT2D eigenvalue weighted by Crippen LogP contribution is -2.37. The maximum Gasteiger partial charge on any atom is 0.325 e. The molecule has 2 heterocycles. The Kier molecular flexibility index (Phi) is 4.86. The molecule has 0 saturated heterocycles. The maximum atomic E-state index is 12.6. The number of hydrogen-bond donors (Lipinski definition) is 0. The Morgan fingerprint density at radius 3 is 2.86 bits per heavy atom. The highest BCUT2D eigenvalue weighted by atomic mass is 16.5. The largest absolute Gasteiger partial charge is 0.465 e. The Hall–Kier alpha value is -2.44. The number of rotatable bonds is 6. The third kappa shape index (κ3) is 3.36. The number of carbonyl (C=O) groups excluding carboxylic acids is 2. The molecule has 0 bridgehead atoms. The summed E-state index contributed by atoms with van der Waals surface area (Å²) < 4.78 is 6.49. The van der Waals surface area contributed by atoms with Crippen LogP contribution in [0.1, 0.15) is 30.6 Å². The molecule has 0 aliphatic rings. The Morgan fingerprint density at radius 1 is 1.33 bits per heavy atom. The predicted molar refractivity (Wildman–Crippen MR) is 75.8 cm³/mol. The first kappa shape index (κ1) is 15.0. The fraction of sp³-hybridized carbons (Fsp3) is 0.429. The van der Waals surface area contributed by atoms with Crippen molar-refractivity contribution >= 4 is 17.4 Å². The fourth-order valence-corrected chi connectivity index (χ4v) is 2.05. The molecule has 0 N–H and O–H groups in total. The first-order chi connectivity index (χ1) is 10.2. The maximum absolute atomic E-state index is 12.6. The highest BCUT2D eigenvalue weighted by molar-refractivity contribution is 6.01. The van der Waals surface area contributed by atoms with Gasteiger partial charge in [-0.05, 0) is 13.3 Å². The highest BCUT2D eigenvalue weighted by Crippen LogP contribution is 2.12. The van der Waals surface area contributed by atoms with Crippen LogP contribution in [0, 0.1) is 0 Å². The van der Waals surface area contributed by atoms with E-state index in [9.17, 15) is 9.59 Å². The molecule has 0 fully saturated rings. The van der Waals surface area contributed by atoms with Crippen LogP contribution < -0.4 is 0 Å². The van der Waals surface area contributed by atoms with Crippen LogP contribution in [0.25, 0.3) is 5.52 Å². The number of esters is 1. The molecule has 2 aromatic rings. The zero-order chi connectivity index (χ0) is 15.2. The summed E-state index contributed by atoms with van der Waals surface area (Å²) in [5, 5.41) is 4.11. The minimum absolute atomic E-state index is 0.0574. The van der Waals surface area contributed by atoms with Gasteiger partial charge < -0.3 is 9.64 Å². The Labute approximate surface area is 122 Å². The Balaban J connectivity index is 2.23. The Morgan fingerprint density at radius 2 is 2.14 bits per heavy atom. The number of nitrogens with zero attached hydrogens (tertiary/aromatic N) is 4. The SMILES string of the molecule is CCCN(CC(=O)OCC)C(=O)c1cnn2ccncc12. The van der Waals surface area contributed by atoms with Crippen LogP contribution in [0.15, 0.2) is 24.8 Å². The minimum Gasteiger partial charge on any atom is -0.465 e. The molecule has 0 spiro atoms. The van der Waals surface area contributed by atoms with Gasteiger partial charge in [0.25, 0.3) is 5.91 Å². The number of fused-ring (bicyclic) bond motifs is 1. The van der Waals surface area contributed by atoms with E-state index < -0.39 is 5.97 Å². The molecule has 21 heavy (non-hydrogen) atoms. The van der Waals surface area contributed by atoms with Crippen LogP contribution in [0.4, 0.5) is 0 Å². The van der Waals surface area contributed by atoms with Gasteiger partial charge in [0.2, 0.25) is 0 Å². The summed E-state index contributed by atoms with van der Waals surface area (Å²) in [7, 11) is 0. The van der Waals surface area contributed by atoms with E-state index >= 15 is 0 Å². The second-order valence-corrected chi connectivity index (χ2v) is 4.50. The zero-order valence-corrected chi connectivity index (χ0v) is 12.2. The molecule has 0 radical (unpaired) electrons. The summed E-state index contributed by atoms with van der Waals surface area (Å²) in [6.45, 7) is 4.41. The molecule has 1 amide bonds. The average molecular weight is 290 g/mol. The number of ether oxygens (including phenoxy) is 1. The van der Waals surface area contributed by atoms with Gasteiger partial charge in [-0.1, -0.05) is 6.92 Å². The van der Waals surface area contributed by atoms with Crippen molar-refractivity contribution in [1.82, 2.24) is 19.5 Å². The van der Waals surface area contributed by atoms with E-state index in [1.807, 2.05) is 6.92 Å². The standard InChI is InChI=1S/C14H18N4O3/c1-3-6-17(10-13(19)21-4-2)14(20)11-8-16-18-7-5-15-9-12(11)18/h5,7-9H,3-4,6,10H2,1-2H3. The summed E-state index contributed by atoms with van der Waals surface area (Å²) >= 11 is 0. The van der Waals surface area contributed by atoms with E-state index in [2.05, 4.69) is 10.1 Å². The summed E-state index contributed by atoms with van der Waals surface area (Å²) in [6, 6.07) is 0. The van der Waals surface area contributed by atoms with Gasteiger partial charge in [-0.25, -0.2) is 4.52 Å². The molecule has 0 aliphatic carbocycles. The molecular weight excluding hydrogens is 272 g/mol. The third-order valence-electron chi connectivity index (χ3n) is 2.96. The molecule has 7 heteroatoms. The zero-order valence-electron chi connectivity index (χ0n) is 12.2. The van der Waals surface area contributed by atoms with E-state index in [-0.39, 0.29) is 12.5 Å². The molecule has 2 rings (SSSR count). The average Bonchev–Trinajstić information content (AvgIpc) is 2.90. The van der Waals surface area contributed by atoms with E-state index in [1.54, 1.807) is 30.0 Å². The van der Waals surface area contributed by atoms with Crippen molar-refractivity contribution < 1.29 is 14.3 Å². The second kappa shape index (κ2) is 6.83. The molecular formula is C14H18N4O3. The molecule has 0 aliphatic heterocycles. The van der Waals surface area contributed by atoms with Crippen molar-refractivity contribution in [2.24, 2.45) is 0 Å². The van der Waals surface area contributed by atoms with Gasteiger partial charge in [0.05, 0.1) is 30.1 Å². The number of carbonyl (C=O) groups is 2. The van der Waals surface area contributed by atoms with Gasteiger partial charge >= 0.3 is 5.97 Å². The van der Waals surface area contributed by atoms with Crippen LogP contribution in [0.3, 0.4) is 0 Å². The van der Waals surface area contributed by atoms with E-state index in [1.165, 1.54) is 11.1 Å². The molecule has 0 aromatic carbocycles. The smallest absolute Gasteiger partial charge is 0.325 e. The van der Waals surface area contributed by atoms with Crippen molar-refractivity contribution in [3.63, 3.8) is 0 Å². The molecule has 2 aromatic heterocycles. The van der Waals surface area contributed by atoms with E-state index in [0.717, 1.165) is 6.42 Å². The van der Waals surface area contributed by atoms with Gasteiger partial charge in [0.15, 0.2) is 0 Å². The van der Waals surface area contributed by atoms with Crippen molar-refractivity contribution in [3.05, 3.63) is 30.4 Å². The lowest BCUT2D eigenvalue weighted by molar-refractivity contribution is -0.143. The summed E-state index contributed by atoms with van der Waals surface area (Å²) in [4.78, 5) is 29.7. The normalized spacial score (nSPS) is 10.6. The molecule has 0 unspecified atom stereocenters. The van der Waals surface area contributed by atoms with Crippen LogP contribution in [-0.4, -0.2) is 51.1 Å². The van der Waals surface area contributed by atoms with Gasteiger partial charge in [-0.2, -0.15) is 5.10 Å². The highest BCUT2D eigenvalue weighted by Gasteiger charge is 2.22. The summed E-state index contributed by atoms with van der Waals surface area (Å²) in [6.07, 6.45) is 7.09. The quantitative estimate of drug-likeness (QED) is 0.746. The van der Waals surface area contributed by atoms with Crippen LogP contribution in [0.2, 0.25) is 0 Å². The second-order valence-electron chi connectivity index (χ2n) is 4.50. The third-order valence-corrected chi connectivity index (χ3v) is 2.96. The summed E-state index contributed by atoms with van der Waals surface area (Å²) in [5.74, 6) is -0.651. The van der Waals surface area contributed by atoms with Crippen molar-refractivity contribution in [3.8, 4) is 0 Å². The minimum atomic E-state index is -0.408. The van der Waals surface area contributed by atoms with Crippen LogP contribution >= 0.6 is 0 Å². The van der Waals surface area contributed by atoms with Crippen LogP contribution in [0.5, 0.6) is 0 Å². The molecule has 112 valence electrons. The summed E-state index contributed by atoms with van der Waals surface area (Å²) in [5.41, 5.74) is 1.05. The number of amides is 1. The van der Waals surface area contributed by atoms with Crippen molar-refractivity contribution in [2.75, 3.05) is 19.7 Å². The molecule has 0 atom stereocenters. The predicted octanol–water partition coefficient (Wildman–Crippen LogP) is 1.14. The van der Waals surface area contributed by atoms with Gasteiger partial charge in [-0.15, -0.1) is 0 Å². The molecule has 7 nitrogen and oxygen atoms in total.